The zero-order chi connectivity index (χ0) is 27.9. The van der Waals surface area contributed by atoms with Gasteiger partial charge in [0.05, 0.1) is 19.6 Å². The van der Waals surface area contributed by atoms with Crippen molar-refractivity contribution in [1.82, 2.24) is 9.88 Å². The number of carbonyl (C=O) groups excluding carboxylic acids is 2. The summed E-state index contributed by atoms with van der Waals surface area (Å²) in [4.78, 5) is 26.7. The van der Waals surface area contributed by atoms with Gasteiger partial charge < -0.3 is 24.5 Å². The number of carbonyl (C=O) groups is 2. The number of piperidine rings is 1. The summed E-state index contributed by atoms with van der Waals surface area (Å²) < 4.78 is 10.7. The predicted octanol–water partition coefficient (Wildman–Crippen LogP) is 3.08. The average molecular weight is 519 g/mol. The molecular weight excluding hydrogens is 480 g/mol. The molecule has 1 aromatic heterocycles. The lowest BCUT2D eigenvalue weighted by molar-refractivity contribution is -0.139. The van der Waals surface area contributed by atoms with Crippen LogP contribution in [0.2, 0.25) is 0 Å². The molecule has 1 fully saturated rings. The number of aliphatic hydroxyl groups excluding tert-OH is 1. The van der Waals surface area contributed by atoms with Gasteiger partial charge in [0.2, 0.25) is 6.29 Å². The number of aldehydes is 1. The van der Waals surface area contributed by atoms with Gasteiger partial charge in [-0.3, -0.25) is 9.59 Å². The number of likely N-dealkylation sites (tertiary alicyclic amines) is 1. The van der Waals surface area contributed by atoms with Gasteiger partial charge in [-0.05, 0) is 50.3 Å². The maximum absolute atomic E-state index is 11.4. The van der Waals surface area contributed by atoms with Gasteiger partial charge in [0.15, 0.2) is 0 Å². The summed E-state index contributed by atoms with van der Waals surface area (Å²) >= 11 is 0. The van der Waals surface area contributed by atoms with Crippen molar-refractivity contribution in [2.75, 3.05) is 33.9 Å². The van der Waals surface area contributed by atoms with E-state index in [0.717, 1.165) is 50.8 Å². The standard InChI is InChI=1S/C17H17NO3.C14H21NO2/c19-12-4-7-16(14-5-2-1-3-6-14)15-8-10-18(11-9-15)17(21)13-20;1-6-7-8-12(17-5)13-10(2)9-15-14(13)11(3)16-4/h1-3,5-6,13,19H,8-12H2;7-9,15H,6H2,1-5H3/b;8-7+,13-12+,14-11-. The van der Waals surface area contributed by atoms with Crippen LogP contribution in [-0.4, -0.2) is 61.1 Å². The molecule has 38 heavy (non-hydrogen) atoms. The number of benzene rings is 1. The minimum atomic E-state index is -0.461. The second-order valence-corrected chi connectivity index (χ2v) is 8.61. The SMILES string of the molecule is CC/C=C/C(OC)=c1/c(C)c[nH]/c1=C(/C)OC.O=CC(=O)N1CCC(=C(C#CCO)c2ccccc2)CC1. The lowest BCUT2D eigenvalue weighted by Gasteiger charge is -2.27. The monoisotopic (exact) mass is 518 g/mol. The van der Waals surface area contributed by atoms with E-state index in [0.29, 0.717) is 32.2 Å². The van der Waals surface area contributed by atoms with E-state index in [1.54, 1.807) is 19.1 Å². The van der Waals surface area contributed by atoms with Gasteiger partial charge in [-0.15, -0.1) is 0 Å². The molecule has 0 spiro atoms. The smallest absolute Gasteiger partial charge is 0.286 e. The van der Waals surface area contributed by atoms with Gasteiger partial charge in [-0.1, -0.05) is 60.7 Å². The molecule has 0 bridgehead atoms. The van der Waals surface area contributed by atoms with E-state index in [4.69, 9.17) is 14.6 Å². The Hall–Kier alpha value is -4.02. The summed E-state index contributed by atoms with van der Waals surface area (Å²) in [5.41, 5.74) is 4.25. The minimum Gasteiger partial charge on any atom is -0.499 e. The Kier molecular flexibility index (Phi) is 12.7. The van der Waals surface area contributed by atoms with Crippen LogP contribution in [0.15, 0.2) is 54.3 Å². The molecule has 1 saturated heterocycles. The molecule has 1 aliphatic heterocycles. The average Bonchev–Trinajstić information content (AvgIpc) is 3.35. The molecule has 7 nitrogen and oxygen atoms in total. The van der Waals surface area contributed by atoms with Crippen LogP contribution >= 0.6 is 0 Å². The lowest BCUT2D eigenvalue weighted by Crippen LogP contribution is -2.37. The Balaban J connectivity index is 0.000000273. The van der Waals surface area contributed by atoms with Crippen LogP contribution in [-0.2, 0) is 19.1 Å². The summed E-state index contributed by atoms with van der Waals surface area (Å²) in [7, 11) is 3.36. The van der Waals surface area contributed by atoms with E-state index < -0.39 is 5.91 Å². The summed E-state index contributed by atoms with van der Waals surface area (Å²) in [6, 6.07) is 9.80. The Bertz CT molecular complexity index is 1310. The first kappa shape index (κ1) is 30.2. The van der Waals surface area contributed by atoms with E-state index in [2.05, 4.69) is 36.7 Å². The number of amides is 1. The highest BCUT2D eigenvalue weighted by molar-refractivity contribution is 6.23. The number of nitrogens with one attached hydrogen (secondary N) is 1. The fraction of sp³-hybridized carbons (Fsp3) is 0.355. The molecule has 7 heteroatoms. The highest BCUT2D eigenvalue weighted by Gasteiger charge is 2.20. The third kappa shape index (κ3) is 8.25. The number of methoxy groups -OCH3 is 2. The number of aromatic nitrogens is 1. The first-order chi connectivity index (χ1) is 18.4. The number of H-pyrrole nitrogens is 1. The quantitative estimate of drug-likeness (QED) is 0.348. The van der Waals surface area contributed by atoms with Gasteiger partial charge in [-0.2, -0.15) is 0 Å². The van der Waals surface area contributed by atoms with E-state index in [1.165, 1.54) is 0 Å². The number of aromatic amines is 1. The van der Waals surface area contributed by atoms with E-state index in [1.807, 2.05) is 49.5 Å². The highest BCUT2D eigenvalue weighted by Crippen LogP contribution is 2.26. The number of aliphatic hydroxyl groups is 1. The van der Waals surface area contributed by atoms with Crippen LogP contribution in [0, 0.1) is 18.8 Å². The predicted molar refractivity (Wildman–Crippen MR) is 151 cm³/mol. The van der Waals surface area contributed by atoms with Gasteiger partial charge in [0, 0.05) is 30.1 Å². The van der Waals surface area contributed by atoms with Crippen molar-refractivity contribution < 1.29 is 24.2 Å². The number of hydrogen-bond acceptors (Lipinski definition) is 5. The number of allylic oxidation sites excluding steroid dienone is 2. The maximum atomic E-state index is 11.4. The molecule has 2 aromatic rings. The van der Waals surface area contributed by atoms with Gasteiger partial charge in [0.25, 0.3) is 5.91 Å². The van der Waals surface area contributed by atoms with Crippen molar-refractivity contribution in [1.29, 1.82) is 0 Å². The zero-order valence-electron chi connectivity index (χ0n) is 23.0. The van der Waals surface area contributed by atoms with Gasteiger partial charge >= 0.3 is 0 Å². The second-order valence-electron chi connectivity index (χ2n) is 8.61. The number of aryl methyl sites for hydroxylation is 1. The number of nitrogens with zero attached hydrogens (tertiary/aromatic N) is 1. The molecule has 0 saturated carbocycles. The van der Waals surface area contributed by atoms with Crippen LogP contribution in [0.1, 0.15) is 44.2 Å². The third-order valence-electron chi connectivity index (χ3n) is 6.19. The van der Waals surface area contributed by atoms with Crippen molar-refractivity contribution >= 4 is 29.3 Å². The maximum Gasteiger partial charge on any atom is 0.286 e. The second kappa shape index (κ2) is 16.0. The van der Waals surface area contributed by atoms with Crippen LogP contribution in [0.25, 0.3) is 17.1 Å². The molecule has 0 atom stereocenters. The van der Waals surface area contributed by atoms with Crippen molar-refractivity contribution in [3.05, 3.63) is 75.9 Å². The highest BCUT2D eigenvalue weighted by atomic mass is 16.5. The van der Waals surface area contributed by atoms with Crippen molar-refractivity contribution in [2.45, 2.75) is 40.0 Å². The molecule has 0 aliphatic carbocycles. The Morgan fingerprint density at radius 3 is 2.39 bits per heavy atom. The van der Waals surface area contributed by atoms with E-state index in [-0.39, 0.29) is 6.61 Å². The normalized spacial score (nSPS) is 14.5. The van der Waals surface area contributed by atoms with E-state index >= 15 is 0 Å². The zero-order valence-corrected chi connectivity index (χ0v) is 23.0. The molecule has 202 valence electrons. The molecule has 2 heterocycles. The lowest BCUT2D eigenvalue weighted by atomic mass is 9.93. The molecule has 3 rings (SSSR count). The molecule has 0 unspecified atom stereocenters. The first-order valence-corrected chi connectivity index (χ1v) is 12.7. The molecule has 2 N–H and O–H groups in total. The summed E-state index contributed by atoms with van der Waals surface area (Å²) in [6.07, 6.45) is 8.79. The molecule has 1 aromatic carbocycles. The molecular formula is C31H38N2O5. The van der Waals surface area contributed by atoms with Crippen LogP contribution in [0.5, 0.6) is 0 Å². The molecule has 1 aliphatic rings. The molecule has 0 radical (unpaired) electrons. The van der Waals surface area contributed by atoms with E-state index in [9.17, 15) is 9.59 Å². The van der Waals surface area contributed by atoms with Gasteiger partial charge in [0.1, 0.15) is 18.1 Å². The third-order valence-corrected chi connectivity index (χ3v) is 6.19. The Morgan fingerprint density at radius 2 is 1.84 bits per heavy atom. The summed E-state index contributed by atoms with van der Waals surface area (Å²) in [5, 5.41) is 11.0. The summed E-state index contributed by atoms with van der Waals surface area (Å²) in [5.74, 6) is 6.97. The molecule has 1 amide bonds. The number of hydrogen-bond donors (Lipinski definition) is 2. The number of ether oxygens (including phenoxy) is 2. The van der Waals surface area contributed by atoms with Crippen LogP contribution in [0.3, 0.4) is 0 Å². The first-order valence-electron chi connectivity index (χ1n) is 12.7. The minimum absolute atomic E-state index is 0.181. The largest absolute Gasteiger partial charge is 0.499 e. The fourth-order valence-corrected chi connectivity index (χ4v) is 4.12. The van der Waals surface area contributed by atoms with Crippen LogP contribution < -0.4 is 10.6 Å². The van der Waals surface area contributed by atoms with Crippen molar-refractivity contribution in [2.24, 2.45) is 0 Å². The fourth-order valence-electron chi connectivity index (χ4n) is 4.12. The topological polar surface area (TPSA) is 91.9 Å². The summed E-state index contributed by atoms with van der Waals surface area (Å²) in [6.45, 7) is 6.97. The van der Waals surface area contributed by atoms with Crippen molar-refractivity contribution in [3.8, 4) is 11.8 Å². The number of rotatable bonds is 6. The van der Waals surface area contributed by atoms with Crippen LogP contribution in [0.4, 0.5) is 0 Å². The van der Waals surface area contributed by atoms with Gasteiger partial charge in [-0.25, -0.2) is 0 Å². The van der Waals surface area contributed by atoms with Crippen molar-refractivity contribution in [3.63, 3.8) is 0 Å². The Morgan fingerprint density at radius 1 is 1.16 bits per heavy atom. The Labute approximate surface area is 225 Å².